The van der Waals surface area contributed by atoms with E-state index in [2.05, 4.69) is 17.7 Å². The summed E-state index contributed by atoms with van der Waals surface area (Å²) in [5.74, 6) is -0.709. The summed E-state index contributed by atoms with van der Waals surface area (Å²) in [6.07, 6.45) is 3.97. The molecule has 1 aromatic carbocycles. The molecule has 0 unspecified atom stereocenters. The van der Waals surface area contributed by atoms with Crippen LogP contribution in [-0.4, -0.2) is 15.6 Å². The van der Waals surface area contributed by atoms with Crippen molar-refractivity contribution in [2.75, 3.05) is 0 Å². The maximum absolute atomic E-state index is 10.4. The molecule has 0 saturated heterocycles. The summed E-state index contributed by atoms with van der Waals surface area (Å²) >= 11 is 5.99. The molecular formula is C15H18ClNO2. The number of fused-ring (bicyclic) bond motifs is 1. The minimum Gasteiger partial charge on any atom is -0.481 e. The van der Waals surface area contributed by atoms with Gasteiger partial charge in [0.25, 0.3) is 0 Å². The van der Waals surface area contributed by atoms with E-state index >= 15 is 0 Å². The highest BCUT2D eigenvalue weighted by molar-refractivity contribution is 6.31. The number of carboxylic acid groups (broad SMARTS) is 1. The first-order chi connectivity index (χ1) is 9.08. The van der Waals surface area contributed by atoms with E-state index in [1.807, 2.05) is 18.2 Å². The van der Waals surface area contributed by atoms with E-state index in [0.717, 1.165) is 36.1 Å². The van der Waals surface area contributed by atoms with Crippen LogP contribution in [0.4, 0.5) is 0 Å². The van der Waals surface area contributed by atoms with Crippen LogP contribution in [0.5, 0.6) is 0 Å². The molecule has 0 saturated carbocycles. The number of aryl methyl sites for hydroxylation is 2. The highest BCUT2D eigenvalue weighted by atomic mass is 35.5. The zero-order valence-electron chi connectivity index (χ0n) is 11.0. The molecule has 0 bridgehead atoms. The molecule has 0 amide bonds. The van der Waals surface area contributed by atoms with Crippen molar-refractivity contribution in [3.63, 3.8) is 0 Å². The van der Waals surface area contributed by atoms with Crippen LogP contribution in [-0.2, 0) is 18.3 Å². The molecule has 1 heterocycles. The molecule has 1 N–H and O–H groups in total. The van der Waals surface area contributed by atoms with Gasteiger partial charge in [0.05, 0.1) is 0 Å². The zero-order valence-corrected chi connectivity index (χ0v) is 11.8. The summed E-state index contributed by atoms with van der Waals surface area (Å²) in [7, 11) is 2.06. The Morgan fingerprint density at radius 1 is 1.26 bits per heavy atom. The van der Waals surface area contributed by atoms with Crippen molar-refractivity contribution < 1.29 is 9.90 Å². The van der Waals surface area contributed by atoms with Crippen molar-refractivity contribution in [3.05, 3.63) is 35.0 Å². The smallest absolute Gasteiger partial charge is 0.303 e. The van der Waals surface area contributed by atoms with Crippen LogP contribution in [0, 0.1) is 0 Å². The van der Waals surface area contributed by atoms with Gasteiger partial charge >= 0.3 is 5.97 Å². The van der Waals surface area contributed by atoms with Gasteiger partial charge in [0.15, 0.2) is 0 Å². The molecule has 102 valence electrons. The number of nitrogens with zero attached hydrogens (tertiary/aromatic N) is 1. The Morgan fingerprint density at radius 2 is 2.05 bits per heavy atom. The minimum absolute atomic E-state index is 0.269. The molecule has 1 aromatic heterocycles. The number of benzene rings is 1. The lowest BCUT2D eigenvalue weighted by atomic mass is 10.1. The van der Waals surface area contributed by atoms with Crippen LogP contribution < -0.4 is 0 Å². The fraction of sp³-hybridized carbons (Fsp3) is 0.400. The van der Waals surface area contributed by atoms with Gasteiger partial charge in [0.2, 0.25) is 0 Å². The number of hydrogen-bond donors (Lipinski definition) is 1. The number of carbonyl (C=O) groups is 1. The third kappa shape index (κ3) is 3.51. The third-order valence-corrected chi connectivity index (χ3v) is 3.66. The average molecular weight is 280 g/mol. The van der Waals surface area contributed by atoms with Gasteiger partial charge in [-0.25, -0.2) is 0 Å². The van der Waals surface area contributed by atoms with E-state index in [1.54, 1.807) is 0 Å². The Morgan fingerprint density at radius 3 is 2.79 bits per heavy atom. The Kier molecular flexibility index (Phi) is 4.48. The lowest BCUT2D eigenvalue weighted by Crippen LogP contribution is -1.97. The highest BCUT2D eigenvalue weighted by Crippen LogP contribution is 2.23. The lowest BCUT2D eigenvalue weighted by molar-refractivity contribution is -0.137. The normalized spacial score (nSPS) is 11.1. The second-order valence-corrected chi connectivity index (χ2v) is 5.29. The first-order valence-electron chi connectivity index (χ1n) is 6.53. The molecule has 4 heteroatoms. The fourth-order valence-electron chi connectivity index (χ4n) is 2.38. The number of carboxylic acids is 1. The van der Waals surface area contributed by atoms with Crippen molar-refractivity contribution >= 4 is 28.5 Å². The summed E-state index contributed by atoms with van der Waals surface area (Å²) in [5.41, 5.74) is 2.46. The number of hydrogen-bond acceptors (Lipinski definition) is 1. The maximum atomic E-state index is 10.4. The Labute approximate surface area is 117 Å². The topological polar surface area (TPSA) is 42.2 Å². The number of aliphatic carboxylic acids is 1. The van der Waals surface area contributed by atoms with E-state index in [1.165, 1.54) is 11.2 Å². The van der Waals surface area contributed by atoms with Gasteiger partial charge in [-0.15, -0.1) is 0 Å². The van der Waals surface area contributed by atoms with Gasteiger partial charge in [-0.2, -0.15) is 0 Å². The van der Waals surface area contributed by atoms with Crippen LogP contribution in [0.3, 0.4) is 0 Å². The van der Waals surface area contributed by atoms with Gasteiger partial charge in [0.1, 0.15) is 0 Å². The number of halogens is 1. The van der Waals surface area contributed by atoms with E-state index in [9.17, 15) is 4.79 Å². The molecule has 0 fully saturated rings. The molecule has 0 aliphatic heterocycles. The maximum Gasteiger partial charge on any atom is 0.303 e. The van der Waals surface area contributed by atoms with Crippen LogP contribution in [0.1, 0.15) is 31.4 Å². The molecule has 0 spiro atoms. The second-order valence-electron chi connectivity index (χ2n) is 4.85. The van der Waals surface area contributed by atoms with Gasteiger partial charge in [-0.3, -0.25) is 4.79 Å². The number of aromatic nitrogens is 1. The van der Waals surface area contributed by atoms with Crippen molar-refractivity contribution in [1.29, 1.82) is 0 Å². The quantitative estimate of drug-likeness (QED) is 0.812. The van der Waals surface area contributed by atoms with Gasteiger partial charge in [-0.05, 0) is 43.5 Å². The van der Waals surface area contributed by atoms with Crippen LogP contribution in [0.2, 0.25) is 5.02 Å². The molecule has 0 radical (unpaired) electrons. The SMILES string of the molecule is Cn1c(CCCCCC(=O)O)cc2cc(Cl)ccc21. The Hall–Kier alpha value is -1.48. The van der Waals surface area contributed by atoms with Gasteiger partial charge < -0.3 is 9.67 Å². The summed E-state index contributed by atoms with van der Waals surface area (Å²) in [6.45, 7) is 0. The fourth-order valence-corrected chi connectivity index (χ4v) is 2.56. The van der Waals surface area contributed by atoms with Gasteiger partial charge in [-0.1, -0.05) is 18.0 Å². The second kappa shape index (κ2) is 6.11. The molecule has 2 aromatic rings. The first kappa shape index (κ1) is 13.9. The molecule has 0 aliphatic carbocycles. The predicted octanol–water partition coefficient (Wildman–Crippen LogP) is 4.02. The predicted molar refractivity (Wildman–Crippen MR) is 77.7 cm³/mol. The summed E-state index contributed by atoms with van der Waals surface area (Å²) in [5, 5.41) is 10.5. The highest BCUT2D eigenvalue weighted by Gasteiger charge is 2.06. The molecule has 19 heavy (non-hydrogen) atoms. The molecular weight excluding hydrogens is 262 g/mol. The molecule has 2 rings (SSSR count). The standard InChI is InChI=1S/C15H18ClNO2/c1-17-13(5-3-2-4-6-15(18)19)10-11-9-12(16)7-8-14(11)17/h7-10H,2-6H2,1H3,(H,18,19). The van der Waals surface area contributed by atoms with Crippen LogP contribution >= 0.6 is 11.6 Å². The van der Waals surface area contributed by atoms with Crippen molar-refractivity contribution in [2.45, 2.75) is 32.1 Å². The Balaban J connectivity index is 1.97. The van der Waals surface area contributed by atoms with E-state index < -0.39 is 5.97 Å². The monoisotopic (exact) mass is 279 g/mol. The third-order valence-electron chi connectivity index (χ3n) is 3.43. The van der Waals surface area contributed by atoms with Crippen molar-refractivity contribution in [1.82, 2.24) is 4.57 Å². The summed E-state index contributed by atoms with van der Waals surface area (Å²) in [6, 6.07) is 8.08. The number of rotatable bonds is 6. The van der Waals surface area contributed by atoms with Crippen LogP contribution in [0.25, 0.3) is 10.9 Å². The molecule has 0 aliphatic rings. The zero-order chi connectivity index (χ0) is 13.8. The minimum atomic E-state index is -0.709. The largest absolute Gasteiger partial charge is 0.481 e. The first-order valence-corrected chi connectivity index (χ1v) is 6.91. The number of unbranched alkanes of at least 4 members (excludes halogenated alkanes) is 2. The van der Waals surface area contributed by atoms with Crippen molar-refractivity contribution in [3.8, 4) is 0 Å². The van der Waals surface area contributed by atoms with Gasteiger partial charge in [0, 0.05) is 35.1 Å². The average Bonchev–Trinajstić information content (AvgIpc) is 2.65. The Bertz CT molecular complexity index is 589. The molecule has 3 nitrogen and oxygen atoms in total. The van der Waals surface area contributed by atoms with E-state index in [0.29, 0.717) is 0 Å². The van der Waals surface area contributed by atoms with E-state index in [-0.39, 0.29) is 6.42 Å². The summed E-state index contributed by atoms with van der Waals surface area (Å²) in [4.78, 5) is 10.4. The lowest BCUT2D eigenvalue weighted by Gasteiger charge is -2.04. The van der Waals surface area contributed by atoms with E-state index in [4.69, 9.17) is 16.7 Å². The summed E-state index contributed by atoms with van der Waals surface area (Å²) < 4.78 is 2.18. The van der Waals surface area contributed by atoms with Crippen LogP contribution in [0.15, 0.2) is 24.3 Å². The molecule has 0 atom stereocenters. The van der Waals surface area contributed by atoms with Crippen molar-refractivity contribution in [2.24, 2.45) is 7.05 Å².